The van der Waals surface area contributed by atoms with Crippen molar-refractivity contribution >= 4 is 34.6 Å². The number of furan rings is 1. The van der Waals surface area contributed by atoms with E-state index in [2.05, 4.69) is 5.32 Å². The van der Waals surface area contributed by atoms with Crippen molar-refractivity contribution in [3.05, 3.63) is 45.5 Å². The molecule has 2 aromatic heterocycles. The third-order valence-corrected chi connectivity index (χ3v) is 4.69. The maximum atomic E-state index is 11.9. The molecule has 1 atom stereocenters. The zero-order valence-corrected chi connectivity index (χ0v) is 14.6. The summed E-state index contributed by atoms with van der Waals surface area (Å²) in [6.45, 7) is 0.429. The van der Waals surface area contributed by atoms with E-state index in [0.717, 1.165) is 5.76 Å². The van der Waals surface area contributed by atoms with Gasteiger partial charge in [0.05, 0.1) is 21.5 Å². The van der Waals surface area contributed by atoms with E-state index in [0.29, 0.717) is 15.8 Å². The van der Waals surface area contributed by atoms with E-state index in [1.54, 1.807) is 18.4 Å². The summed E-state index contributed by atoms with van der Waals surface area (Å²) in [4.78, 5) is 26.4. The van der Waals surface area contributed by atoms with Crippen LogP contribution in [0.2, 0.25) is 4.34 Å². The number of thiophene rings is 1. The number of Topliss-reactive ketones (excluding diaryl/α,β-unsaturated/α-hetero) is 1. The quantitative estimate of drug-likeness (QED) is 0.738. The van der Waals surface area contributed by atoms with Gasteiger partial charge in [0.25, 0.3) is 0 Å². The summed E-state index contributed by atoms with van der Waals surface area (Å²) in [6.07, 6.45) is 1.95. The smallest absolute Gasteiger partial charge is 0.220 e. The topological polar surface area (TPSA) is 62.6 Å². The molecular formula is C16H19ClN2O3S. The lowest BCUT2D eigenvalue weighted by Gasteiger charge is -2.22. The Kier molecular flexibility index (Phi) is 6.38. The van der Waals surface area contributed by atoms with E-state index >= 15 is 0 Å². The van der Waals surface area contributed by atoms with E-state index in [-0.39, 0.29) is 30.6 Å². The summed E-state index contributed by atoms with van der Waals surface area (Å²) in [5.74, 6) is 0.575. The molecule has 2 aromatic rings. The minimum atomic E-state index is -0.153. The first-order valence-corrected chi connectivity index (χ1v) is 8.42. The number of nitrogens with zero attached hydrogens (tertiary/aromatic N) is 1. The van der Waals surface area contributed by atoms with Gasteiger partial charge in [-0.05, 0) is 38.4 Å². The SMILES string of the molecule is CN(C)C(CNC(=O)CCC(=O)c1ccc(Cl)s1)c1ccco1. The fraction of sp³-hybridized carbons (Fsp3) is 0.375. The average Bonchev–Trinajstić information content (AvgIpc) is 3.16. The summed E-state index contributed by atoms with van der Waals surface area (Å²) in [5.41, 5.74) is 0. The van der Waals surface area contributed by atoms with E-state index < -0.39 is 0 Å². The van der Waals surface area contributed by atoms with Crippen LogP contribution in [-0.2, 0) is 4.79 Å². The molecule has 1 amide bonds. The van der Waals surface area contributed by atoms with Crippen LogP contribution in [0.5, 0.6) is 0 Å². The second-order valence-electron chi connectivity index (χ2n) is 5.33. The highest BCUT2D eigenvalue weighted by atomic mass is 35.5. The van der Waals surface area contributed by atoms with Gasteiger partial charge in [-0.25, -0.2) is 0 Å². The molecule has 1 N–H and O–H groups in total. The van der Waals surface area contributed by atoms with Crippen molar-refractivity contribution in [3.63, 3.8) is 0 Å². The Morgan fingerprint density at radius 3 is 2.65 bits per heavy atom. The fourth-order valence-electron chi connectivity index (χ4n) is 2.13. The molecule has 0 aliphatic rings. The molecule has 7 heteroatoms. The first kappa shape index (κ1) is 17.7. The normalized spacial score (nSPS) is 12.3. The van der Waals surface area contributed by atoms with Crippen LogP contribution in [0.4, 0.5) is 0 Å². The number of carbonyl (C=O) groups excluding carboxylic acids is 2. The van der Waals surface area contributed by atoms with Gasteiger partial charge in [-0.3, -0.25) is 14.5 Å². The predicted octanol–water partition coefficient (Wildman–Crippen LogP) is 3.38. The summed E-state index contributed by atoms with van der Waals surface area (Å²) in [6, 6.07) is 7.02. The predicted molar refractivity (Wildman–Crippen MR) is 91.0 cm³/mol. The minimum absolute atomic E-state index is 0.0410. The first-order valence-electron chi connectivity index (χ1n) is 7.22. The van der Waals surface area contributed by atoms with Gasteiger partial charge >= 0.3 is 0 Å². The summed E-state index contributed by atoms with van der Waals surface area (Å²) < 4.78 is 5.96. The van der Waals surface area contributed by atoms with Gasteiger partial charge in [-0.1, -0.05) is 11.6 Å². The number of ketones is 1. The number of rotatable bonds is 8. The van der Waals surface area contributed by atoms with E-state index in [1.807, 2.05) is 31.1 Å². The zero-order chi connectivity index (χ0) is 16.8. The van der Waals surface area contributed by atoms with Crippen molar-refractivity contribution in [2.24, 2.45) is 0 Å². The van der Waals surface area contributed by atoms with Gasteiger partial charge in [-0.15, -0.1) is 11.3 Å². The molecule has 0 aromatic carbocycles. The molecule has 124 valence electrons. The van der Waals surface area contributed by atoms with Crippen molar-refractivity contribution < 1.29 is 14.0 Å². The fourth-order valence-corrected chi connectivity index (χ4v) is 3.14. The number of amides is 1. The molecule has 0 aliphatic heterocycles. The van der Waals surface area contributed by atoms with Crippen molar-refractivity contribution in [3.8, 4) is 0 Å². The van der Waals surface area contributed by atoms with Gasteiger partial charge in [0.2, 0.25) is 5.91 Å². The van der Waals surface area contributed by atoms with Crippen LogP contribution < -0.4 is 5.32 Å². The summed E-state index contributed by atoms with van der Waals surface area (Å²) in [5, 5.41) is 2.85. The Morgan fingerprint density at radius 2 is 2.09 bits per heavy atom. The van der Waals surface area contributed by atoms with E-state index in [1.165, 1.54) is 11.3 Å². The zero-order valence-electron chi connectivity index (χ0n) is 13.0. The molecule has 23 heavy (non-hydrogen) atoms. The molecule has 2 rings (SSSR count). The van der Waals surface area contributed by atoms with E-state index in [4.69, 9.17) is 16.0 Å². The molecule has 0 saturated carbocycles. The largest absolute Gasteiger partial charge is 0.468 e. The molecule has 0 saturated heterocycles. The van der Waals surface area contributed by atoms with Crippen LogP contribution in [0.1, 0.15) is 34.3 Å². The number of carbonyl (C=O) groups is 2. The maximum Gasteiger partial charge on any atom is 0.220 e. The second kappa shape index (κ2) is 8.29. The third-order valence-electron chi connectivity index (χ3n) is 3.41. The van der Waals surface area contributed by atoms with Crippen molar-refractivity contribution in [2.75, 3.05) is 20.6 Å². The maximum absolute atomic E-state index is 11.9. The molecule has 2 heterocycles. The summed E-state index contributed by atoms with van der Waals surface area (Å²) in [7, 11) is 3.84. The van der Waals surface area contributed by atoms with Crippen LogP contribution in [0.25, 0.3) is 0 Å². The molecule has 0 aliphatic carbocycles. The van der Waals surface area contributed by atoms with Crippen molar-refractivity contribution in [1.29, 1.82) is 0 Å². The Hall–Kier alpha value is -1.63. The summed E-state index contributed by atoms with van der Waals surface area (Å²) >= 11 is 7.04. The van der Waals surface area contributed by atoms with Crippen LogP contribution in [0.3, 0.4) is 0 Å². The number of hydrogen-bond donors (Lipinski definition) is 1. The van der Waals surface area contributed by atoms with Gasteiger partial charge < -0.3 is 9.73 Å². The standard InChI is InChI=1S/C16H19ClN2O3S/c1-19(2)11(13-4-3-9-22-13)10-18-16(21)8-5-12(20)14-6-7-15(17)23-14/h3-4,6-7,9,11H,5,8,10H2,1-2H3,(H,18,21). The first-order chi connectivity index (χ1) is 11.0. The molecule has 0 radical (unpaired) electrons. The van der Waals surface area contributed by atoms with Crippen molar-refractivity contribution in [1.82, 2.24) is 10.2 Å². The highest BCUT2D eigenvalue weighted by Gasteiger charge is 2.18. The monoisotopic (exact) mass is 354 g/mol. The van der Waals surface area contributed by atoms with Crippen LogP contribution in [-0.4, -0.2) is 37.2 Å². The van der Waals surface area contributed by atoms with Crippen LogP contribution in [0.15, 0.2) is 34.9 Å². The molecular weight excluding hydrogens is 336 g/mol. The Labute approximate surface area is 144 Å². The Balaban J connectivity index is 1.79. The van der Waals surface area contributed by atoms with Gasteiger partial charge in [0.1, 0.15) is 5.76 Å². The van der Waals surface area contributed by atoms with Crippen molar-refractivity contribution in [2.45, 2.75) is 18.9 Å². The van der Waals surface area contributed by atoms with Gasteiger partial charge in [0, 0.05) is 19.4 Å². The lowest BCUT2D eigenvalue weighted by molar-refractivity contribution is -0.121. The number of halogens is 1. The molecule has 5 nitrogen and oxygen atoms in total. The lowest BCUT2D eigenvalue weighted by Crippen LogP contribution is -2.34. The van der Waals surface area contributed by atoms with Gasteiger partial charge in [-0.2, -0.15) is 0 Å². The van der Waals surface area contributed by atoms with Crippen LogP contribution in [0, 0.1) is 0 Å². The molecule has 0 spiro atoms. The third kappa shape index (κ3) is 5.20. The molecule has 1 unspecified atom stereocenters. The highest BCUT2D eigenvalue weighted by Crippen LogP contribution is 2.23. The number of likely N-dealkylation sites (N-methyl/N-ethyl adjacent to an activating group) is 1. The molecule has 0 fully saturated rings. The minimum Gasteiger partial charge on any atom is -0.468 e. The Morgan fingerprint density at radius 1 is 1.30 bits per heavy atom. The van der Waals surface area contributed by atoms with Gasteiger partial charge in [0.15, 0.2) is 5.78 Å². The second-order valence-corrected chi connectivity index (χ2v) is 7.04. The highest BCUT2D eigenvalue weighted by molar-refractivity contribution is 7.18. The number of nitrogens with one attached hydrogen (secondary N) is 1. The Bertz CT molecular complexity index is 652. The number of hydrogen-bond acceptors (Lipinski definition) is 5. The lowest BCUT2D eigenvalue weighted by atomic mass is 10.1. The van der Waals surface area contributed by atoms with Crippen LogP contribution >= 0.6 is 22.9 Å². The average molecular weight is 355 g/mol. The van der Waals surface area contributed by atoms with E-state index in [9.17, 15) is 9.59 Å². The molecule has 0 bridgehead atoms.